The van der Waals surface area contributed by atoms with Gasteiger partial charge in [0, 0.05) is 18.8 Å². The second-order valence-corrected chi connectivity index (χ2v) is 7.43. The van der Waals surface area contributed by atoms with E-state index >= 15 is 0 Å². The molecule has 5 heteroatoms. The first kappa shape index (κ1) is 19.0. The number of amides is 3. The van der Waals surface area contributed by atoms with E-state index in [1.54, 1.807) is 0 Å². The van der Waals surface area contributed by atoms with Gasteiger partial charge in [-0.2, -0.15) is 0 Å². The summed E-state index contributed by atoms with van der Waals surface area (Å²) in [5.41, 5.74) is 3.20. The third kappa shape index (κ3) is 5.09. The first-order valence-electron chi connectivity index (χ1n) is 9.51. The van der Waals surface area contributed by atoms with E-state index in [1.807, 2.05) is 47.4 Å². The van der Waals surface area contributed by atoms with Gasteiger partial charge in [0.2, 0.25) is 5.91 Å². The number of carbonyl (C=O) groups is 2. The van der Waals surface area contributed by atoms with Crippen molar-refractivity contribution in [3.63, 3.8) is 0 Å². The van der Waals surface area contributed by atoms with Crippen LogP contribution in [0.1, 0.15) is 31.4 Å². The number of benzene rings is 2. The third-order valence-corrected chi connectivity index (χ3v) is 4.78. The Morgan fingerprint density at radius 3 is 2.37 bits per heavy atom. The van der Waals surface area contributed by atoms with E-state index in [9.17, 15) is 9.59 Å². The lowest BCUT2D eigenvalue weighted by molar-refractivity contribution is -0.134. The molecular formula is C22H27N3O2. The van der Waals surface area contributed by atoms with Crippen LogP contribution >= 0.6 is 0 Å². The quantitative estimate of drug-likeness (QED) is 0.846. The Morgan fingerprint density at radius 1 is 1.00 bits per heavy atom. The van der Waals surface area contributed by atoms with Crippen LogP contribution in [-0.2, 0) is 17.8 Å². The minimum absolute atomic E-state index is 0.0126. The van der Waals surface area contributed by atoms with Crippen LogP contribution in [0.3, 0.4) is 0 Å². The highest BCUT2D eigenvalue weighted by Gasteiger charge is 2.29. The zero-order chi connectivity index (χ0) is 19.2. The van der Waals surface area contributed by atoms with Crippen molar-refractivity contribution in [2.24, 2.45) is 5.92 Å². The number of nitrogens with zero attached hydrogens (tertiary/aromatic N) is 1. The molecule has 1 heterocycles. The molecule has 1 atom stereocenters. The van der Waals surface area contributed by atoms with Gasteiger partial charge >= 0.3 is 6.03 Å². The molecular weight excluding hydrogens is 338 g/mol. The van der Waals surface area contributed by atoms with Crippen LogP contribution in [0, 0.1) is 5.92 Å². The molecule has 0 fully saturated rings. The molecule has 0 spiro atoms. The lowest BCUT2D eigenvalue weighted by Gasteiger charge is -2.32. The average molecular weight is 365 g/mol. The van der Waals surface area contributed by atoms with E-state index in [4.69, 9.17) is 0 Å². The molecule has 0 radical (unpaired) electrons. The lowest BCUT2D eigenvalue weighted by Crippen LogP contribution is -2.51. The van der Waals surface area contributed by atoms with E-state index in [2.05, 4.69) is 36.6 Å². The Kier molecular flexibility index (Phi) is 6.12. The largest absolute Gasteiger partial charge is 0.336 e. The predicted octanol–water partition coefficient (Wildman–Crippen LogP) is 3.81. The van der Waals surface area contributed by atoms with Crippen molar-refractivity contribution < 1.29 is 9.59 Å². The van der Waals surface area contributed by atoms with Gasteiger partial charge in [0.1, 0.15) is 6.04 Å². The molecule has 2 N–H and O–H groups in total. The maximum atomic E-state index is 13.1. The summed E-state index contributed by atoms with van der Waals surface area (Å²) >= 11 is 0. The van der Waals surface area contributed by atoms with Gasteiger partial charge in [-0.15, -0.1) is 0 Å². The van der Waals surface area contributed by atoms with Gasteiger partial charge in [0.05, 0.1) is 0 Å². The number of hydrogen-bond donors (Lipinski definition) is 2. The van der Waals surface area contributed by atoms with Crippen LogP contribution in [0.15, 0.2) is 54.6 Å². The van der Waals surface area contributed by atoms with Crippen LogP contribution in [0.4, 0.5) is 10.5 Å². The van der Waals surface area contributed by atoms with Gasteiger partial charge < -0.3 is 15.5 Å². The normalized spacial score (nSPS) is 14.4. The van der Waals surface area contributed by atoms with Gasteiger partial charge in [0.15, 0.2) is 0 Å². The fourth-order valence-corrected chi connectivity index (χ4v) is 3.44. The second kappa shape index (κ2) is 8.71. The first-order chi connectivity index (χ1) is 13.0. The van der Waals surface area contributed by atoms with Crippen molar-refractivity contribution in [2.75, 3.05) is 11.9 Å². The fraction of sp³-hybridized carbons (Fsp3) is 0.364. The summed E-state index contributed by atoms with van der Waals surface area (Å²) in [5, 5.41) is 5.67. The van der Waals surface area contributed by atoms with Gasteiger partial charge in [0.25, 0.3) is 0 Å². The molecule has 0 aromatic heterocycles. The third-order valence-electron chi connectivity index (χ3n) is 4.78. The number of rotatable bonds is 5. The van der Waals surface area contributed by atoms with Gasteiger partial charge in [-0.1, -0.05) is 56.3 Å². The summed E-state index contributed by atoms with van der Waals surface area (Å²) in [7, 11) is 0. The number of anilines is 1. The van der Waals surface area contributed by atoms with Crippen molar-refractivity contribution in [1.82, 2.24) is 10.2 Å². The van der Waals surface area contributed by atoms with Crippen LogP contribution in [0.5, 0.6) is 0 Å². The molecule has 2 aromatic rings. The summed E-state index contributed by atoms with van der Waals surface area (Å²) in [6, 6.07) is 16.6. The molecule has 1 aliphatic rings. The van der Waals surface area contributed by atoms with E-state index in [1.165, 1.54) is 11.1 Å². The Balaban J connectivity index is 1.67. The summed E-state index contributed by atoms with van der Waals surface area (Å²) in [4.78, 5) is 27.4. The Hall–Kier alpha value is -2.82. The lowest BCUT2D eigenvalue weighted by atomic mass is 9.97. The second-order valence-electron chi connectivity index (χ2n) is 7.43. The van der Waals surface area contributed by atoms with E-state index in [0.29, 0.717) is 31.1 Å². The van der Waals surface area contributed by atoms with Crippen LogP contribution in [0.2, 0.25) is 0 Å². The van der Waals surface area contributed by atoms with Crippen molar-refractivity contribution in [2.45, 2.75) is 39.3 Å². The van der Waals surface area contributed by atoms with Gasteiger partial charge in [-0.3, -0.25) is 4.79 Å². The molecule has 3 amide bonds. The Morgan fingerprint density at radius 2 is 1.67 bits per heavy atom. The topological polar surface area (TPSA) is 61.4 Å². The molecule has 142 valence electrons. The van der Waals surface area contributed by atoms with Gasteiger partial charge in [-0.25, -0.2) is 4.79 Å². The summed E-state index contributed by atoms with van der Waals surface area (Å²) in [6.07, 6.45) is 1.46. The van der Waals surface area contributed by atoms with E-state index in [-0.39, 0.29) is 11.9 Å². The zero-order valence-corrected chi connectivity index (χ0v) is 15.9. The highest BCUT2D eigenvalue weighted by atomic mass is 16.2. The number of urea groups is 1. The highest BCUT2D eigenvalue weighted by Crippen LogP contribution is 2.20. The summed E-state index contributed by atoms with van der Waals surface area (Å²) < 4.78 is 0. The van der Waals surface area contributed by atoms with Crippen molar-refractivity contribution >= 4 is 17.6 Å². The average Bonchev–Trinajstić information content (AvgIpc) is 2.67. The van der Waals surface area contributed by atoms with Crippen molar-refractivity contribution in [3.8, 4) is 0 Å². The molecule has 5 nitrogen and oxygen atoms in total. The maximum Gasteiger partial charge on any atom is 0.319 e. The number of nitrogens with one attached hydrogen (secondary N) is 2. The number of carbonyl (C=O) groups excluding carboxylic acids is 2. The minimum atomic E-state index is -0.529. The van der Waals surface area contributed by atoms with Gasteiger partial charge in [-0.05, 0) is 42.0 Å². The standard InChI is InChI=1S/C22H27N3O2/c1-16(2)14-20(24-22(27)23-19-10-4-3-5-11-19)21(26)25-13-12-17-8-6-7-9-18(17)15-25/h3-11,16,20H,12-15H2,1-2H3,(H2,23,24,27)/t20-/m1/s1. The van der Waals surface area contributed by atoms with Crippen LogP contribution in [0.25, 0.3) is 0 Å². The number of fused-ring (bicyclic) bond motifs is 1. The first-order valence-corrected chi connectivity index (χ1v) is 9.51. The van der Waals surface area contributed by atoms with Crippen molar-refractivity contribution in [3.05, 3.63) is 65.7 Å². The minimum Gasteiger partial charge on any atom is -0.336 e. The SMILES string of the molecule is CC(C)C[C@@H](NC(=O)Nc1ccccc1)C(=O)N1CCc2ccccc2C1. The Labute approximate surface area is 160 Å². The number of para-hydroxylation sites is 1. The molecule has 0 bridgehead atoms. The molecule has 27 heavy (non-hydrogen) atoms. The smallest absolute Gasteiger partial charge is 0.319 e. The van der Waals surface area contributed by atoms with Crippen LogP contribution < -0.4 is 10.6 Å². The fourth-order valence-electron chi connectivity index (χ4n) is 3.44. The van der Waals surface area contributed by atoms with E-state index < -0.39 is 6.04 Å². The molecule has 0 saturated heterocycles. The highest BCUT2D eigenvalue weighted by molar-refractivity contribution is 5.93. The molecule has 0 unspecified atom stereocenters. The van der Waals surface area contributed by atoms with E-state index in [0.717, 1.165) is 6.42 Å². The predicted molar refractivity (Wildman–Crippen MR) is 107 cm³/mol. The molecule has 0 saturated carbocycles. The molecule has 2 aromatic carbocycles. The van der Waals surface area contributed by atoms with Crippen molar-refractivity contribution in [1.29, 1.82) is 0 Å². The van der Waals surface area contributed by atoms with Crippen LogP contribution in [-0.4, -0.2) is 29.4 Å². The monoisotopic (exact) mass is 365 g/mol. The number of hydrogen-bond acceptors (Lipinski definition) is 2. The zero-order valence-electron chi connectivity index (χ0n) is 15.9. The maximum absolute atomic E-state index is 13.1. The molecule has 0 aliphatic carbocycles. The summed E-state index contributed by atoms with van der Waals surface area (Å²) in [5.74, 6) is 0.287. The molecule has 3 rings (SSSR count). The Bertz CT molecular complexity index is 789. The summed E-state index contributed by atoms with van der Waals surface area (Å²) in [6.45, 7) is 5.41. The molecule has 1 aliphatic heterocycles.